The third-order valence-corrected chi connectivity index (χ3v) is 5.09. The highest BCUT2D eigenvalue weighted by Crippen LogP contribution is 2.17. The van der Waals surface area contributed by atoms with E-state index in [1.807, 2.05) is 12.1 Å². The van der Waals surface area contributed by atoms with Crippen LogP contribution in [0.2, 0.25) is 0 Å². The van der Waals surface area contributed by atoms with E-state index in [2.05, 4.69) is 77.5 Å². The van der Waals surface area contributed by atoms with E-state index < -0.39 is 0 Å². The summed E-state index contributed by atoms with van der Waals surface area (Å²) in [6.07, 6.45) is 4.73. The second-order valence-electron chi connectivity index (χ2n) is 7.76. The van der Waals surface area contributed by atoms with Crippen molar-refractivity contribution >= 4 is 29.9 Å². The third-order valence-electron chi connectivity index (χ3n) is 5.09. The number of hydrogen-bond donors (Lipinski definition) is 2. The van der Waals surface area contributed by atoms with E-state index >= 15 is 0 Å². The lowest BCUT2D eigenvalue weighted by atomic mass is 10.1. The Morgan fingerprint density at radius 1 is 1.03 bits per heavy atom. The molecule has 0 radical (unpaired) electrons. The van der Waals surface area contributed by atoms with E-state index in [0.717, 1.165) is 45.2 Å². The topological polar surface area (TPSA) is 53.8 Å². The van der Waals surface area contributed by atoms with Crippen LogP contribution in [0.1, 0.15) is 31.9 Å². The molecular formula is C23H36IN5O. The normalized spacial score (nSPS) is 19.9. The number of benzene rings is 1. The number of rotatable bonds is 8. The van der Waals surface area contributed by atoms with Crippen molar-refractivity contribution in [1.29, 1.82) is 0 Å². The van der Waals surface area contributed by atoms with Gasteiger partial charge in [0.2, 0.25) is 0 Å². The lowest BCUT2D eigenvalue weighted by Gasteiger charge is -2.35. The number of aliphatic imine (C=N–C) groups is 1. The number of aromatic nitrogens is 1. The van der Waals surface area contributed by atoms with E-state index in [0.29, 0.717) is 6.54 Å². The number of guanidine groups is 1. The number of nitrogens with zero attached hydrogens (tertiary/aromatic N) is 3. The van der Waals surface area contributed by atoms with Crippen molar-refractivity contribution in [2.75, 3.05) is 26.2 Å². The van der Waals surface area contributed by atoms with E-state index in [1.54, 1.807) is 0 Å². The van der Waals surface area contributed by atoms with Crippen LogP contribution >= 0.6 is 24.0 Å². The van der Waals surface area contributed by atoms with Gasteiger partial charge >= 0.3 is 0 Å². The molecule has 2 atom stereocenters. The zero-order chi connectivity index (χ0) is 20.5. The van der Waals surface area contributed by atoms with Crippen molar-refractivity contribution in [3.05, 3.63) is 59.9 Å². The summed E-state index contributed by atoms with van der Waals surface area (Å²) in [4.78, 5) is 7.32. The number of morpholine rings is 1. The summed E-state index contributed by atoms with van der Waals surface area (Å²) in [6, 6.07) is 12.7. The standard InChI is InChI=1S/C23H35N5O.HI/c1-4-24-23(25-11-14-27-12-7-8-13-27)26-15-21-9-5-6-10-22(21)18-28-16-19(2)29-20(3)17-28;/h5-10,12-13,19-20H,4,11,14-18H2,1-3H3,(H2,24,25,26);1H. The highest BCUT2D eigenvalue weighted by molar-refractivity contribution is 14.0. The van der Waals surface area contributed by atoms with Gasteiger partial charge in [0.15, 0.2) is 5.96 Å². The first-order chi connectivity index (χ1) is 14.1. The van der Waals surface area contributed by atoms with Crippen LogP contribution in [0.5, 0.6) is 0 Å². The van der Waals surface area contributed by atoms with Gasteiger partial charge in [-0.15, -0.1) is 24.0 Å². The molecule has 7 heteroatoms. The van der Waals surface area contributed by atoms with Crippen LogP contribution in [0.15, 0.2) is 53.8 Å². The average molecular weight is 525 g/mol. The smallest absolute Gasteiger partial charge is 0.191 e. The fraction of sp³-hybridized carbons (Fsp3) is 0.522. The van der Waals surface area contributed by atoms with Gasteiger partial charge in [0, 0.05) is 51.7 Å². The maximum absolute atomic E-state index is 5.87. The maximum atomic E-state index is 5.87. The number of ether oxygens (including phenoxy) is 1. The summed E-state index contributed by atoms with van der Waals surface area (Å²) in [5.74, 6) is 0.864. The van der Waals surface area contributed by atoms with Crippen molar-refractivity contribution in [3.63, 3.8) is 0 Å². The van der Waals surface area contributed by atoms with Gasteiger partial charge in [-0.1, -0.05) is 24.3 Å². The Kier molecular flexibility index (Phi) is 10.7. The van der Waals surface area contributed by atoms with Crippen molar-refractivity contribution in [1.82, 2.24) is 20.1 Å². The fourth-order valence-electron chi connectivity index (χ4n) is 3.85. The van der Waals surface area contributed by atoms with Crippen LogP contribution < -0.4 is 10.6 Å². The largest absolute Gasteiger partial charge is 0.373 e. The lowest BCUT2D eigenvalue weighted by molar-refractivity contribution is -0.0705. The minimum absolute atomic E-state index is 0. The second-order valence-corrected chi connectivity index (χ2v) is 7.76. The molecule has 2 N–H and O–H groups in total. The molecule has 2 heterocycles. The molecule has 1 aromatic carbocycles. The summed E-state index contributed by atoms with van der Waals surface area (Å²) in [7, 11) is 0. The van der Waals surface area contributed by atoms with E-state index in [9.17, 15) is 0 Å². The first kappa shape index (κ1) is 24.7. The second kappa shape index (κ2) is 13.0. The summed E-state index contributed by atoms with van der Waals surface area (Å²) >= 11 is 0. The molecule has 2 unspecified atom stereocenters. The first-order valence-corrected chi connectivity index (χ1v) is 10.7. The Morgan fingerprint density at radius 2 is 1.70 bits per heavy atom. The SMILES string of the molecule is CCNC(=NCc1ccccc1CN1CC(C)OC(C)C1)NCCn1cccc1.I. The number of halogens is 1. The molecule has 2 aromatic rings. The molecule has 1 aliphatic heterocycles. The average Bonchev–Trinajstić information content (AvgIpc) is 3.20. The molecule has 30 heavy (non-hydrogen) atoms. The van der Waals surface area contributed by atoms with Gasteiger partial charge < -0.3 is 19.9 Å². The fourth-order valence-corrected chi connectivity index (χ4v) is 3.85. The molecule has 1 aliphatic rings. The summed E-state index contributed by atoms with van der Waals surface area (Å²) in [6.45, 7) is 12.6. The highest BCUT2D eigenvalue weighted by atomic mass is 127. The van der Waals surface area contributed by atoms with Crippen LogP contribution in [-0.4, -0.2) is 53.8 Å². The Labute approximate surface area is 198 Å². The molecule has 0 aliphatic carbocycles. The molecule has 1 saturated heterocycles. The molecule has 0 bridgehead atoms. The van der Waals surface area contributed by atoms with Gasteiger partial charge in [0.25, 0.3) is 0 Å². The highest BCUT2D eigenvalue weighted by Gasteiger charge is 2.22. The molecule has 1 aromatic heterocycles. The van der Waals surface area contributed by atoms with Crippen LogP contribution in [-0.2, 0) is 24.4 Å². The molecule has 1 fully saturated rings. The van der Waals surface area contributed by atoms with Crippen molar-refractivity contribution in [2.24, 2.45) is 4.99 Å². The van der Waals surface area contributed by atoms with Crippen LogP contribution in [0.25, 0.3) is 0 Å². The van der Waals surface area contributed by atoms with Gasteiger partial charge in [-0.25, -0.2) is 4.99 Å². The molecule has 3 rings (SSSR count). The molecule has 6 nitrogen and oxygen atoms in total. The van der Waals surface area contributed by atoms with Gasteiger partial charge in [-0.05, 0) is 44.0 Å². The van der Waals surface area contributed by atoms with E-state index in [-0.39, 0.29) is 36.2 Å². The van der Waals surface area contributed by atoms with Crippen LogP contribution in [0, 0.1) is 0 Å². The van der Waals surface area contributed by atoms with Crippen LogP contribution in [0.4, 0.5) is 0 Å². The van der Waals surface area contributed by atoms with Crippen LogP contribution in [0.3, 0.4) is 0 Å². The van der Waals surface area contributed by atoms with Gasteiger partial charge in [-0.3, -0.25) is 4.90 Å². The van der Waals surface area contributed by atoms with Gasteiger partial charge in [-0.2, -0.15) is 0 Å². The van der Waals surface area contributed by atoms with Crippen molar-refractivity contribution in [3.8, 4) is 0 Å². The summed E-state index contributed by atoms with van der Waals surface area (Å²) in [5.41, 5.74) is 2.63. The van der Waals surface area contributed by atoms with E-state index in [4.69, 9.17) is 9.73 Å². The maximum Gasteiger partial charge on any atom is 0.191 e. The quantitative estimate of drug-likeness (QED) is 0.315. The minimum atomic E-state index is 0. The predicted molar refractivity (Wildman–Crippen MR) is 134 cm³/mol. The molecule has 0 spiro atoms. The Morgan fingerprint density at radius 3 is 2.37 bits per heavy atom. The molecular weight excluding hydrogens is 489 g/mol. The first-order valence-electron chi connectivity index (χ1n) is 10.7. The zero-order valence-corrected chi connectivity index (χ0v) is 20.7. The monoisotopic (exact) mass is 525 g/mol. The number of hydrogen-bond acceptors (Lipinski definition) is 3. The molecule has 166 valence electrons. The lowest BCUT2D eigenvalue weighted by Crippen LogP contribution is -2.44. The zero-order valence-electron chi connectivity index (χ0n) is 18.4. The summed E-state index contributed by atoms with van der Waals surface area (Å²) < 4.78 is 8.04. The van der Waals surface area contributed by atoms with Gasteiger partial charge in [0.05, 0.1) is 18.8 Å². The van der Waals surface area contributed by atoms with Gasteiger partial charge in [0.1, 0.15) is 0 Å². The molecule has 0 amide bonds. The van der Waals surface area contributed by atoms with Crippen molar-refractivity contribution in [2.45, 2.75) is 52.6 Å². The van der Waals surface area contributed by atoms with E-state index in [1.165, 1.54) is 11.1 Å². The Bertz CT molecular complexity index is 755. The number of nitrogens with one attached hydrogen (secondary N) is 2. The van der Waals surface area contributed by atoms with Crippen molar-refractivity contribution < 1.29 is 4.74 Å². The molecule has 0 saturated carbocycles. The Hall–Kier alpha value is -1.58. The minimum Gasteiger partial charge on any atom is -0.373 e. The Balaban J connectivity index is 0.00000320. The predicted octanol–water partition coefficient (Wildman–Crippen LogP) is 3.47. The third kappa shape index (κ3) is 7.92. The summed E-state index contributed by atoms with van der Waals surface area (Å²) in [5, 5.41) is 6.78.